The summed E-state index contributed by atoms with van der Waals surface area (Å²) in [5.41, 5.74) is 8.93. The van der Waals surface area contributed by atoms with Crippen LogP contribution >= 0.6 is 7.82 Å². The number of unbranched alkanes of at least 4 members (excludes halogenated alkanes) is 5. The van der Waals surface area contributed by atoms with Crippen molar-refractivity contribution in [2.24, 2.45) is 5.73 Å². The van der Waals surface area contributed by atoms with Crippen molar-refractivity contribution in [1.29, 1.82) is 0 Å². The minimum atomic E-state index is -5.08. The van der Waals surface area contributed by atoms with E-state index in [-0.39, 0.29) is 0 Å². The Morgan fingerprint density at radius 1 is 1.21 bits per heavy atom. The van der Waals surface area contributed by atoms with Crippen LogP contribution < -0.4 is 5.73 Å². The number of phosphoric ester groups is 1. The normalized spacial score (nSPS) is 13.9. The van der Waals surface area contributed by atoms with E-state index in [0.29, 0.717) is 5.82 Å². The number of H-pyrrole nitrogens is 1. The second-order valence-corrected chi connectivity index (χ2v) is 8.81. The number of nitrogens with zero attached hydrogens (tertiary/aromatic N) is 1. The first kappa shape index (κ1) is 29.1. The molecule has 2 atom stereocenters. The summed E-state index contributed by atoms with van der Waals surface area (Å²) in [5.74, 6) is -2.30. The summed E-state index contributed by atoms with van der Waals surface area (Å²) in [4.78, 5) is 34.3. The number of hydrogen-bond donors (Lipinski definition) is 5. The molecule has 0 spiro atoms. The minimum absolute atomic E-state index is 0.456. The molecule has 0 saturated heterocycles. The number of aliphatic carboxylic acids is 1. The van der Waals surface area contributed by atoms with E-state index in [2.05, 4.69) is 33.5 Å². The fraction of sp³-hybridized carbons (Fsp3) is 0.600. The molecule has 1 aromatic heterocycles. The highest BCUT2D eigenvalue weighted by Crippen LogP contribution is 2.39. The van der Waals surface area contributed by atoms with Gasteiger partial charge in [-0.1, -0.05) is 45.1 Å². The molecule has 0 aliphatic heterocycles. The highest BCUT2D eigenvalue weighted by molar-refractivity contribution is 7.46. The fourth-order valence-electron chi connectivity index (χ4n) is 3.00. The van der Waals surface area contributed by atoms with Crippen LogP contribution in [0.5, 0.6) is 0 Å². The van der Waals surface area contributed by atoms with Gasteiger partial charge in [-0.25, -0.2) is 14.3 Å². The Bertz CT molecular complexity index is 931. The van der Waals surface area contributed by atoms with Gasteiger partial charge in [0.15, 0.2) is 0 Å². The van der Waals surface area contributed by atoms with Gasteiger partial charge in [0.2, 0.25) is 0 Å². The Morgan fingerprint density at radius 3 is 2.33 bits per heavy atom. The molecule has 1 heterocycles. The second-order valence-electron chi connectivity index (χ2n) is 7.62. The van der Waals surface area contributed by atoms with Crippen molar-refractivity contribution in [1.82, 2.24) is 9.97 Å². The van der Waals surface area contributed by atoms with E-state index < -0.39 is 32.1 Å². The number of aromatic amines is 1. The highest BCUT2D eigenvalue weighted by atomic mass is 31.2. The molecular formula is C20H31F3N3O6P. The number of benzene rings is 1. The average Bonchev–Trinajstić information content (AvgIpc) is 3.11. The van der Waals surface area contributed by atoms with E-state index in [4.69, 9.17) is 25.4 Å². The van der Waals surface area contributed by atoms with Crippen molar-refractivity contribution in [3.05, 3.63) is 29.6 Å². The minimum Gasteiger partial charge on any atom is -0.475 e. The maximum Gasteiger partial charge on any atom is 0.490 e. The Morgan fingerprint density at radius 2 is 1.79 bits per heavy atom. The molecule has 13 heteroatoms. The summed E-state index contributed by atoms with van der Waals surface area (Å²) < 4.78 is 47.3. The lowest BCUT2D eigenvalue weighted by Gasteiger charge is -2.18. The molecule has 0 aliphatic rings. The summed E-state index contributed by atoms with van der Waals surface area (Å²) >= 11 is 0. The van der Waals surface area contributed by atoms with Gasteiger partial charge in [0.1, 0.15) is 5.82 Å². The monoisotopic (exact) mass is 497 g/mol. The molecule has 188 valence electrons. The van der Waals surface area contributed by atoms with Crippen LogP contribution in [-0.4, -0.2) is 43.1 Å². The second kappa shape index (κ2) is 13.0. The molecule has 33 heavy (non-hydrogen) atoms. The summed E-state index contributed by atoms with van der Waals surface area (Å²) in [6, 6.07) is 5.33. The van der Waals surface area contributed by atoms with E-state index in [1.807, 2.05) is 6.07 Å². The molecule has 2 aromatic rings. The molecule has 6 N–H and O–H groups in total. The third kappa shape index (κ3) is 11.1. The number of rotatable bonds is 11. The molecule has 0 bridgehead atoms. The zero-order valence-corrected chi connectivity index (χ0v) is 19.4. The van der Waals surface area contributed by atoms with Crippen LogP contribution in [0.25, 0.3) is 11.0 Å². The zero-order chi connectivity index (χ0) is 25.2. The number of imidazole rings is 1. The number of alkyl halides is 3. The van der Waals surface area contributed by atoms with E-state index in [1.165, 1.54) is 51.0 Å². The summed E-state index contributed by atoms with van der Waals surface area (Å²) in [7, 11) is -4.58. The lowest BCUT2D eigenvalue weighted by molar-refractivity contribution is -0.192. The van der Waals surface area contributed by atoms with Gasteiger partial charge in [-0.2, -0.15) is 13.2 Å². The molecular weight excluding hydrogens is 466 g/mol. The predicted molar refractivity (Wildman–Crippen MR) is 116 cm³/mol. The topological polar surface area (TPSA) is 159 Å². The van der Waals surface area contributed by atoms with Crippen LogP contribution in [-0.2, 0) is 20.3 Å². The molecule has 0 fully saturated rings. The number of aromatic nitrogens is 2. The first-order valence-corrected chi connectivity index (χ1v) is 12.1. The summed E-state index contributed by atoms with van der Waals surface area (Å²) in [5, 5.41) is 7.12. The number of phosphoric acid groups is 1. The van der Waals surface area contributed by atoms with Crippen LogP contribution in [0.3, 0.4) is 0 Å². The Kier molecular flexibility index (Phi) is 11.5. The van der Waals surface area contributed by atoms with Crippen molar-refractivity contribution >= 4 is 24.8 Å². The van der Waals surface area contributed by atoms with E-state index in [9.17, 15) is 17.7 Å². The number of nitrogens with two attached hydrogens (primary N) is 1. The third-order valence-corrected chi connectivity index (χ3v) is 5.36. The van der Waals surface area contributed by atoms with E-state index >= 15 is 0 Å². The number of carboxylic acid groups (broad SMARTS) is 1. The van der Waals surface area contributed by atoms with Gasteiger partial charge >= 0.3 is 20.0 Å². The van der Waals surface area contributed by atoms with Gasteiger partial charge in [-0.3, -0.25) is 4.52 Å². The lowest BCUT2D eigenvalue weighted by atomic mass is 10.0. The fourth-order valence-corrected chi connectivity index (χ4v) is 3.57. The van der Waals surface area contributed by atoms with Gasteiger partial charge in [0, 0.05) is 0 Å². The van der Waals surface area contributed by atoms with Crippen LogP contribution in [0.1, 0.15) is 69.8 Å². The van der Waals surface area contributed by atoms with Crippen molar-refractivity contribution < 1.29 is 41.9 Å². The Balaban J connectivity index is 0.000000675. The van der Waals surface area contributed by atoms with Crippen LogP contribution in [0.4, 0.5) is 13.2 Å². The summed E-state index contributed by atoms with van der Waals surface area (Å²) in [6.07, 6.45) is 2.67. The van der Waals surface area contributed by atoms with Crippen molar-refractivity contribution in [2.45, 2.75) is 77.1 Å². The number of aryl methyl sites for hydroxylation is 1. The van der Waals surface area contributed by atoms with E-state index in [0.717, 1.165) is 17.5 Å². The number of carboxylic acids is 1. The number of hydrogen-bond acceptors (Lipinski definition) is 5. The lowest BCUT2D eigenvalue weighted by Crippen LogP contribution is -2.26. The van der Waals surface area contributed by atoms with Crippen LogP contribution in [0, 0.1) is 0 Å². The van der Waals surface area contributed by atoms with Gasteiger partial charge < -0.3 is 25.6 Å². The van der Waals surface area contributed by atoms with Gasteiger partial charge in [0.25, 0.3) is 0 Å². The average molecular weight is 497 g/mol. The summed E-state index contributed by atoms with van der Waals surface area (Å²) in [6.45, 7) is 3.74. The number of carbonyl (C=O) groups is 1. The first-order chi connectivity index (χ1) is 15.2. The smallest absolute Gasteiger partial charge is 0.475 e. The number of fused-ring (bicyclic) bond motifs is 1. The molecule has 0 amide bonds. The Labute approximate surface area is 189 Å². The van der Waals surface area contributed by atoms with Gasteiger partial charge in [-0.15, -0.1) is 0 Å². The molecule has 0 radical (unpaired) electrons. The third-order valence-electron chi connectivity index (χ3n) is 4.75. The van der Waals surface area contributed by atoms with Crippen LogP contribution in [0.15, 0.2) is 18.2 Å². The largest absolute Gasteiger partial charge is 0.490 e. The van der Waals surface area contributed by atoms with Gasteiger partial charge in [-0.05, 0) is 37.5 Å². The quantitative estimate of drug-likeness (QED) is 0.223. The standard InChI is InChI=1S/C18H30N3O4P.C2HF3O2/c1-3-4-5-6-7-8-9-14-10-11-15-16(12-14)21-18(20-15)17(19)13(2)25-26(22,23)24;3-2(4,5)1(6)7/h10-13,17H,3-9,19H2,1-2H3,(H,20,21)(H2,22,23,24);(H,6,7)/t13-,17+;/m1./s1. The van der Waals surface area contributed by atoms with Crippen molar-refractivity contribution in [3.8, 4) is 0 Å². The highest BCUT2D eigenvalue weighted by Gasteiger charge is 2.38. The zero-order valence-electron chi connectivity index (χ0n) is 18.5. The molecule has 0 aliphatic carbocycles. The number of halogens is 3. The van der Waals surface area contributed by atoms with Crippen molar-refractivity contribution in [2.75, 3.05) is 0 Å². The Hall–Kier alpha value is -1.98. The van der Waals surface area contributed by atoms with Crippen molar-refractivity contribution in [3.63, 3.8) is 0 Å². The van der Waals surface area contributed by atoms with Crippen LogP contribution in [0.2, 0.25) is 0 Å². The molecule has 0 saturated carbocycles. The molecule has 1 aromatic carbocycles. The first-order valence-electron chi connectivity index (χ1n) is 10.5. The maximum absolute atomic E-state index is 11.0. The maximum atomic E-state index is 11.0. The van der Waals surface area contributed by atoms with E-state index in [1.54, 1.807) is 0 Å². The predicted octanol–water partition coefficient (Wildman–Crippen LogP) is 4.60. The SMILES string of the molecule is CCCCCCCCc1ccc2nc([C@@H](N)[C@@H](C)OP(=O)(O)O)[nH]c2c1.O=C(O)C(F)(F)F. The van der Waals surface area contributed by atoms with Gasteiger partial charge in [0.05, 0.1) is 23.2 Å². The molecule has 0 unspecified atom stereocenters. The molecule has 2 rings (SSSR count). The number of nitrogens with one attached hydrogen (secondary N) is 1. The molecule has 9 nitrogen and oxygen atoms in total.